The number of hydrogen-bond donors (Lipinski definition) is 1. The summed E-state index contributed by atoms with van der Waals surface area (Å²) >= 11 is 0. The first-order valence-corrected chi connectivity index (χ1v) is 12.4. The van der Waals surface area contributed by atoms with Gasteiger partial charge in [-0.05, 0) is 57.9 Å². The van der Waals surface area contributed by atoms with Crippen LogP contribution in [-0.2, 0) is 6.54 Å². The maximum atomic E-state index is 6.22. The minimum Gasteiger partial charge on any atom is -0.491 e. The highest BCUT2D eigenvalue weighted by molar-refractivity contribution is 5.69. The Balaban J connectivity index is 1.34. The zero-order chi connectivity index (χ0) is 23.2. The Hall–Kier alpha value is -3.20. The summed E-state index contributed by atoms with van der Waals surface area (Å²) < 4.78 is 10.3. The molecule has 0 saturated carbocycles. The predicted molar refractivity (Wildman–Crippen MR) is 131 cm³/mol. The lowest BCUT2D eigenvalue weighted by Gasteiger charge is -2.35. The van der Waals surface area contributed by atoms with Gasteiger partial charge in [0.05, 0.1) is 24.2 Å². The molecule has 5 heterocycles. The zero-order valence-corrected chi connectivity index (χ0v) is 20.1. The average Bonchev–Trinajstić information content (AvgIpc) is 3.56. The van der Waals surface area contributed by atoms with Gasteiger partial charge in [-0.3, -0.25) is 5.01 Å². The SMILES string of the molecule is Cc1nc(-c2cn3c(n2)-c2ccc(C4CC=NN4C4CCCNC4)cc2OCC3)n(C(C)C)n1. The molecular weight excluding hydrogens is 428 g/mol. The van der Waals surface area contributed by atoms with Crippen molar-refractivity contribution in [3.8, 4) is 28.7 Å². The van der Waals surface area contributed by atoms with E-state index in [0.717, 1.165) is 60.5 Å². The minimum absolute atomic E-state index is 0.215. The number of imidazole rings is 1. The number of piperidine rings is 1. The van der Waals surface area contributed by atoms with Crippen molar-refractivity contribution in [1.82, 2.24) is 34.6 Å². The molecule has 1 aromatic carbocycles. The van der Waals surface area contributed by atoms with Crippen LogP contribution >= 0.6 is 0 Å². The van der Waals surface area contributed by atoms with Gasteiger partial charge in [0, 0.05) is 31.4 Å². The number of aryl methyl sites for hydroxylation is 1. The van der Waals surface area contributed by atoms with Gasteiger partial charge in [-0.15, -0.1) is 0 Å². The topological polar surface area (TPSA) is 85.4 Å². The summed E-state index contributed by atoms with van der Waals surface area (Å²) in [5.74, 6) is 3.38. The largest absolute Gasteiger partial charge is 0.491 e. The van der Waals surface area contributed by atoms with Crippen LogP contribution in [0.5, 0.6) is 5.75 Å². The summed E-state index contributed by atoms with van der Waals surface area (Å²) in [7, 11) is 0. The Morgan fingerprint density at radius 2 is 2.09 bits per heavy atom. The molecule has 0 aliphatic carbocycles. The molecule has 9 heteroatoms. The Kier molecular flexibility index (Phi) is 5.36. The molecule has 178 valence electrons. The van der Waals surface area contributed by atoms with Crippen molar-refractivity contribution in [2.24, 2.45) is 5.10 Å². The van der Waals surface area contributed by atoms with Gasteiger partial charge in [-0.1, -0.05) is 6.07 Å². The molecule has 0 spiro atoms. The molecule has 1 N–H and O–H groups in total. The second kappa shape index (κ2) is 8.54. The number of fused-ring (bicyclic) bond motifs is 3. The van der Waals surface area contributed by atoms with Gasteiger partial charge in [0.15, 0.2) is 5.82 Å². The zero-order valence-electron chi connectivity index (χ0n) is 20.1. The van der Waals surface area contributed by atoms with Gasteiger partial charge in [-0.2, -0.15) is 10.2 Å². The number of nitrogens with one attached hydrogen (secondary N) is 1. The number of nitrogens with zero attached hydrogens (tertiary/aromatic N) is 7. The highest BCUT2D eigenvalue weighted by atomic mass is 16.5. The fraction of sp³-hybridized carbons (Fsp3) is 0.520. The number of ether oxygens (including phenoxy) is 1. The van der Waals surface area contributed by atoms with Crippen molar-refractivity contribution in [1.29, 1.82) is 0 Å². The van der Waals surface area contributed by atoms with Crippen molar-refractivity contribution in [3.05, 3.63) is 35.8 Å². The summed E-state index contributed by atoms with van der Waals surface area (Å²) in [6.07, 6.45) is 7.44. The molecule has 2 aromatic heterocycles. The molecule has 9 nitrogen and oxygen atoms in total. The molecule has 0 bridgehead atoms. The summed E-state index contributed by atoms with van der Waals surface area (Å²) in [5, 5.41) is 15.1. The Morgan fingerprint density at radius 3 is 2.91 bits per heavy atom. The standard InChI is InChI=1S/C25H32N8O/c1-16(2)32-25(28-17(3)30-32)21-15-31-11-12-34-23-13-18(6-7-20(23)24(31)29-21)22-8-10-27-33(22)19-5-4-9-26-14-19/h6-7,10,13,15-16,19,22,26H,4-5,8-9,11-12,14H2,1-3H3. The van der Waals surface area contributed by atoms with Crippen LogP contribution in [0.25, 0.3) is 22.9 Å². The number of hydrazone groups is 1. The van der Waals surface area contributed by atoms with Crippen molar-refractivity contribution >= 4 is 6.21 Å². The van der Waals surface area contributed by atoms with E-state index in [9.17, 15) is 0 Å². The highest BCUT2D eigenvalue weighted by Crippen LogP contribution is 2.39. The summed E-state index contributed by atoms with van der Waals surface area (Å²) in [6.45, 7) is 9.60. The third kappa shape index (κ3) is 3.68. The molecule has 0 amide bonds. The lowest BCUT2D eigenvalue weighted by atomic mass is 9.98. The number of hydrogen-bond acceptors (Lipinski definition) is 7. The molecular formula is C25H32N8O. The normalized spacial score (nSPS) is 21.9. The fourth-order valence-electron chi connectivity index (χ4n) is 5.30. The monoisotopic (exact) mass is 460 g/mol. The highest BCUT2D eigenvalue weighted by Gasteiger charge is 2.31. The molecule has 2 unspecified atom stereocenters. The van der Waals surface area contributed by atoms with Gasteiger partial charge >= 0.3 is 0 Å². The Bertz CT molecular complexity index is 1220. The summed E-state index contributed by atoms with van der Waals surface area (Å²) in [5.41, 5.74) is 3.11. The van der Waals surface area contributed by atoms with Crippen LogP contribution in [0.1, 0.15) is 56.6 Å². The van der Waals surface area contributed by atoms with Gasteiger partial charge in [0.25, 0.3) is 0 Å². The van der Waals surface area contributed by atoms with Crippen molar-refractivity contribution in [3.63, 3.8) is 0 Å². The third-order valence-electron chi connectivity index (χ3n) is 6.96. The first-order chi connectivity index (χ1) is 16.6. The lowest BCUT2D eigenvalue weighted by Crippen LogP contribution is -2.43. The number of benzene rings is 1. The van der Waals surface area contributed by atoms with E-state index in [4.69, 9.17) is 14.8 Å². The third-order valence-corrected chi connectivity index (χ3v) is 6.96. The lowest BCUT2D eigenvalue weighted by molar-refractivity contribution is 0.135. The van der Waals surface area contributed by atoms with Crippen LogP contribution in [0.2, 0.25) is 0 Å². The summed E-state index contributed by atoms with van der Waals surface area (Å²) in [4.78, 5) is 9.67. The minimum atomic E-state index is 0.215. The number of rotatable bonds is 4. The van der Waals surface area contributed by atoms with Gasteiger partial charge < -0.3 is 14.6 Å². The van der Waals surface area contributed by atoms with Gasteiger partial charge in [0.2, 0.25) is 0 Å². The van der Waals surface area contributed by atoms with E-state index in [-0.39, 0.29) is 12.1 Å². The van der Waals surface area contributed by atoms with Crippen LogP contribution < -0.4 is 10.1 Å². The fourth-order valence-corrected chi connectivity index (χ4v) is 5.30. The average molecular weight is 461 g/mol. The van der Waals surface area contributed by atoms with E-state index < -0.39 is 0 Å². The van der Waals surface area contributed by atoms with E-state index in [1.54, 1.807) is 0 Å². The van der Waals surface area contributed by atoms with E-state index in [1.165, 1.54) is 18.4 Å². The Morgan fingerprint density at radius 1 is 1.18 bits per heavy atom. The molecule has 2 atom stereocenters. The van der Waals surface area contributed by atoms with Crippen LogP contribution in [0.3, 0.4) is 0 Å². The molecule has 3 aliphatic heterocycles. The van der Waals surface area contributed by atoms with E-state index in [1.807, 2.05) is 11.6 Å². The molecule has 3 aromatic rings. The first-order valence-electron chi connectivity index (χ1n) is 12.4. The Labute approximate surface area is 199 Å². The maximum Gasteiger partial charge on any atom is 0.178 e. The number of aromatic nitrogens is 5. The van der Waals surface area contributed by atoms with Crippen molar-refractivity contribution < 1.29 is 4.74 Å². The maximum absolute atomic E-state index is 6.22. The summed E-state index contributed by atoms with van der Waals surface area (Å²) in [6, 6.07) is 7.49. The molecule has 3 aliphatic rings. The predicted octanol–water partition coefficient (Wildman–Crippen LogP) is 3.57. The van der Waals surface area contributed by atoms with E-state index in [0.29, 0.717) is 12.6 Å². The van der Waals surface area contributed by atoms with E-state index >= 15 is 0 Å². The van der Waals surface area contributed by atoms with Gasteiger partial charge in [0.1, 0.15) is 29.7 Å². The second-order valence-electron chi connectivity index (χ2n) is 9.70. The van der Waals surface area contributed by atoms with Crippen LogP contribution in [0, 0.1) is 6.92 Å². The van der Waals surface area contributed by atoms with Crippen LogP contribution in [-0.4, -0.2) is 61.3 Å². The first kappa shape index (κ1) is 21.3. The molecule has 34 heavy (non-hydrogen) atoms. The van der Waals surface area contributed by atoms with Crippen molar-refractivity contribution in [2.45, 2.75) is 64.7 Å². The molecule has 6 rings (SSSR count). The van der Waals surface area contributed by atoms with Crippen LogP contribution in [0.4, 0.5) is 0 Å². The molecule has 0 radical (unpaired) electrons. The van der Waals surface area contributed by atoms with Crippen LogP contribution in [0.15, 0.2) is 29.5 Å². The quantitative estimate of drug-likeness (QED) is 0.641. The van der Waals surface area contributed by atoms with Crippen molar-refractivity contribution in [2.75, 3.05) is 19.7 Å². The molecule has 1 fully saturated rings. The van der Waals surface area contributed by atoms with Gasteiger partial charge in [-0.25, -0.2) is 14.6 Å². The smallest absolute Gasteiger partial charge is 0.178 e. The second-order valence-corrected chi connectivity index (χ2v) is 9.70. The molecule has 1 saturated heterocycles. The van der Waals surface area contributed by atoms with E-state index in [2.05, 4.69) is 69.4 Å².